The summed E-state index contributed by atoms with van der Waals surface area (Å²) in [5.41, 5.74) is -2.37. The van der Waals surface area contributed by atoms with Gasteiger partial charge in [-0.3, -0.25) is 4.98 Å². The van der Waals surface area contributed by atoms with Gasteiger partial charge in [-0.25, -0.2) is 30.4 Å². The van der Waals surface area contributed by atoms with Crippen molar-refractivity contribution >= 4 is 15.8 Å². The third-order valence-corrected chi connectivity index (χ3v) is 6.55. The van der Waals surface area contributed by atoms with Crippen LogP contribution >= 0.6 is 0 Å². The van der Waals surface area contributed by atoms with Crippen LogP contribution in [0.15, 0.2) is 24.4 Å². The van der Waals surface area contributed by atoms with Gasteiger partial charge in [0, 0.05) is 31.2 Å². The van der Waals surface area contributed by atoms with Crippen LogP contribution in [0.4, 0.5) is 22.0 Å². The molecule has 0 aliphatic rings. The molecule has 1 aromatic carbocycles. The summed E-state index contributed by atoms with van der Waals surface area (Å²) in [6.07, 6.45) is -1.59. The minimum atomic E-state index is -4.81. The van der Waals surface area contributed by atoms with Gasteiger partial charge in [-0.2, -0.15) is 0 Å². The highest BCUT2D eigenvalue weighted by Gasteiger charge is 2.39. The van der Waals surface area contributed by atoms with Crippen molar-refractivity contribution in [2.75, 3.05) is 12.4 Å². The number of aliphatic hydroxyl groups is 1. The molecule has 1 atom stereocenters. The quantitative estimate of drug-likeness (QED) is 0.448. The normalized spacial score (nSPS) is 13.3. The van der Waals surface area contributed by atoms with Crippen molar-refractivity contribution in [3.05, 3.63) is 64.2 Å². The van der Waals surface area contributed by atoms with Gasteiger partial charge in [-0.05, 0) is 36.2 Å². The van der Waals surface area contributed by atoms with E-state index in [0.717, 1.165) is 6.07 Å². The maximum Gasteiger partial charge on any atom is 0.251 e. The predicted molar refractivity (Wildman–Crippen MR) is 96.5 cm³/mol. The van der Waals surface area contributed by atoms with Crippen LogP contribution in [0.1, 0.15) is 45.3 Å². The van der Waals surface area contributed by atoms with E-state index in [4.69, 9.17) is 5.11 Å². The fraction of sp³-hybridized carbons (Fsp3) is 0.368. The van der Waals surface area contributed by atoms with Crippen molar-refractivity contribution < 1.29 is 45.4 Å². The zero-order chi connectivity index (χ0) is 23.6. The summed E-state index contributed by atoms with van der Waals surface area (Å²) in [6, 6.07) is 1.79. The minimum Gasteiger partial charge on any atom is -0.543 e. The number of hydrogen-bond acceptors (Lipinski definition) is 6. The number of pyridine rings is 1. The monoisotopic (exact) mass is 466 g/mol. The Kier molecular flexibility index (Phi) is 7.37. The topological polar surface area (TPSA) is 107 Å². The van der Waals surface area contributed by atoms with Gasteiger partial charge in [0.1, 0.15) is 11.1 Å². The molecule has 1 aromatic heterocycles. The van der Waals surface area contributed by atoms with Crippen molar-refractivity contribution in [3.8, 4) is 0 Å². The number of sulfone groups is 1. The van der Waals surface area contributed by atoms with Gasteiger partial charge < -0.3 is 15.0 Å². The lowest BCUT2D eigenvalue weighted by atomic mass is 10.00. The molecule has 1 N–H and O–H groups in total. The molecular weight excluding hydrogens is 449 g/mol. The largest absolute Gasteiger partial charge is 0.543 e. The molecule has 2 aromatic rings. The molecule has 12 heteroatoms. The van der Waals surface area contributed by atoms with E-state index in [-0.39, 0.29) is 5.56 Å². The van der Waals surface area contributed by atoms with E-state index in [1.807, 2.05) is 0 Å². The summed E-state index contributed by atoms with van der Waals surface area (Å²) < 4.78 is 96.1. The summed E-state index contributed by atoms with van der Waals surface area (Å²) in [7, 11) is -4.81. The number of aryl methyl sites for hydroxylation is 1. The molecule has 0 saturated carbocycles. The molecule has 0 radical (unpaired) electrons. The van der Waals surface area contributed by atoms with Crippen molar-refractivity contribution in [1.29, 1.82) is 0 Å². The Morgan fingerprint density at radius 3 is 2.35 bits per heavy atom. The van der Waals surface area contributed by atoms with Crippen LogP contribution in [0.5, 0.6) is 0 Å². The maximum absolute atomic E-state index is 14.5. The Balaban J connectivity index is 2.68. The first-order valence-electron chi connectivity index (χ1n) is 8.82. The van der Waals surface area contributed by atoms with Crippen LogP contribution in [0.2, 0.25) is 0 Å². The number of hydrogen-bond donors (Lipinski definition) is 1. The van der Waals surface area contributed by atoms with Crippen molar-refractivity contribution in [1.82, 2.24) is 4.98 Å². The number of carbonyl (C=O) groups is 1. The highest BCUT2D eigenvalue weighted by atomic mass is 32.2. The Morgan fingerprint density at radius 2 is 1.81 bits per heavy atom. The number of nitrogens with zero attached hydrogens (tertiary/aromatic N) is 1. The molecule has 2 rings (SSSR count). The third-order valence-electron chi connectivity index (χ3n) is 4.57. The summed E-state index contributed by atoms with van der Waals surface area (Å²) >= 11 is 0. The number of aliphatic hydroxyl groups excluding tert-OH is 1. The van der Waals surface area contributed by atoms with Gasteiger partial charge in [0.2, 0.25) is 0 Å². The first-order chi connectivity index (χ1) is 14.3. The average molecular weight is 466 g/mol. The molecule has 0 amide bonds. The highest BCUT2D eigenvalue weighted by molar-refractivity contribution is 7.91. The number of benzene rings is 1. The number of carboxylic acids is 1. The van der Waals surface area contributed by atoms with Crippen LogP contribution in [-0.4, -0.2) is 42.8 Å². The number of alkyl halides is 2. The molecule has 0 aliphatic heterocycles. The lowest BCUT2D eigenvalue weighted by Crippen LogP contribution is -2.28. The maximum atomic E-state index is 14.5. The smallest absolute Gasteiger partial charge is 0.251 e. The highest BCUT2D eigenvalue weighted by Crippen LogP contribution is 2.38. The number of aromatic carboxylic acids is 1. The van der Waals surface area contributed by atoms with Gasteiger partial charge in [-0.1, -0.05) is 0 Å². The molecule has 0 spiro atoms. The predicted octanol–water partition coefficient (Wildman–Crippen LogP) is 2.08. The minimum absolute atomic E-state index is 0.104. The molecule has 6 nitrogen and oxygen atoms in total. The number of carbonyl (C=O) groups excluding carboxylic acids is 1. The second kappa shape index (κ2) is 9.27. The lowest BCUT2D eigenvalue weighted by molar-refractivity contribution is -0.255. The van der Waals surface area contributed by atoms with Crippen LogP contribution < -0.4 is 5.11 Å². The van der Waals surface area contributed by atoms with Gasteiger partial charge >= 0.3 is 0 Å². The number of halogens is 5. The summed E-state index contributed by atoms with van der Waals surface area (Å²) in [5, 5.41) is 17.4. The van der Waals surface area contributed by atoms with E-state index in [1.54, 1.807) is 0 Å². The first-order valence-corrected chi connectivity index (χ1v) is 10.5. The Bertz CT molecular complexity index is 1090. The molecule has 31 heavy (non-hydrogen) atoms. The molecule has 1 unspecified atom stereocenters. The molecular formula is C19H17F5NO5S-. The van der Waals surface area contributed by atoms with E-state index in [9.17, 15) is 40.3 Å². The lowest BCUT2D eigenvalue weighted by Gasteiger charge is -2.23. The van der Waals surface area contributed by atoms with E-state index in [2.05, 4.69) is 4.98 Å². The molecule has 1 heterocycles. The van der Waals surface area contributed by atoms with Crippen molar-refractivity contribution in [2.24, 2.45) is 0 Å². The zero-order valence-corrected chi connectivity index (χ0v) is 16.9. The second-order valence-electron chi connectivity index (χ2n) is 6.80. The van der Waals surface area contributed by atoms with Crippen LogP contribution in [0.25, 0.3) is 0 Å². The van der Waals surface area contributed by atoms with Gasteiger partial charge in [0.15, 0.2) is 21.5 Å². The average Bonchev–Trinajstić information content (AvgIpc) is 2.67. The molecule has 0 saturated heterocycles. The van der Waals surface area contributed by atoms with Gasteiger partial charge in [0.05, 0.1) is 17.4 Å². The summed E-state index contributed by atoms with van der Waals surface area (Å²) in [4.78, 5) is 14.4. The van der Waals surface area contributed by atoms with E-state index in [1.165, 1.54) is 6.92 Å². The first kappa shape index (κ1) is 24.7. The van der Waals surface area contributed by atoms with Crippen LogP contribution in [-0.2, 0) is 9.84 Å². The van der Waals surface area contributed by atoms with Crippen LogP contribution in [0, 0.1) is 24.4 Å². The SMILES string of the molecule is Cc1cc(C(=O)[O-])ncc1C(c1c(F)ccc(F)c1F)S(=O)(=O)CCC(F)(F)CCO. The van der Waals surface area contributed by atoms with Crippen molar-refractivity contribution in [2.45, 2.75) is 30.9 Å². The molecule has 0 aliphatic carbocycles. The second-order valence-corrected chi connectivity index (χ2v) is 9.00. The molecule has 0 bridgehead atoms. The number of rotatable bonds is 9. The Morgan fingerprint density at radius 1 is 1.19 bits per heavy atom. The van der Waals surface area contributed by atoms with Gasteiger partial charge in [-0.15, -0.1) is 0 Å². The fourth-order valence-corrected chi connectivity index (χ4v) is 4.99. The molecule has 0 fully saturated rings. The summed E-state index contributed by atoms with van der Waals surface area (Å²) in [6.45, 7) is 0.290. The van der Waals surface area contributed by atoms with E-state index in [0.29, 0.717) is 18.3 Å². The third kappa shape index (κ3) is 5.56. The fourth-order valence-electron chi connectivity index (χ4n) is 2.96. The number of aromatic nitrogens is 1. The standard InChI is InChI=1S/C19H18F5NO5S/c1-10-8-14(18(27)28)25-9-11(10)17(15-12(20)2-3-13(21)16(15)22)31(29,30)7-5-19(23,24)4-6-26/h2-3,8-9,17,26H,4-7H2,1H3,(H,27,28)/p-1. The number of carboxylic acid groups (broad SMARTS) is 1. The summed E-state index contributed by atoms with van der Waals surface area (Å²) in [5.74, 6) is -11.4. The van der Waals surface area contributed by atoms with Gasteiger partial charge in [0.25, 0.3) is 5.92 Å². The Labute approximate surface area is 174 Å². The van der Waals surface area contributed by atoms with Crippen LogP contribution in [0.3, 0.4) is 0 Å². The van der Waals surface area contributed by atoms with E-state index >= 15 is 0 Å². The van der Waals surface area contributed by atoms with Crippen molar-refractivity contribution in [3.63, 3.8) is 0 Å². The Hall–Kier alpha value is -2.60. The van der Waals surface area contributed by atoms with E-state index < -0.39 is 86.5 Å². The molecule has 170 valence electrons. The zero-order valence-electron chi connectivity index (χ0n) is 16.0.